The van der Waals surface area contributed by atoms with Gasteiger partial charge in [0.15, 0.2) is 0 Å². The second-order valence-electron chi connectivity index (χ2n) is 7.56. The highest BCUT2D eigenvalue weighted by atomic mass is 16.5. The van der Waals surface area contributed by atoms with Gasteiger partial charge in [-0.25, -0.2) is 4.68 Å². The monoisotopic (exact) mass is 336 g/mol. The van der Waals surface area contributed by atoms with Gasteiger partial charge in [-0.3, -0.25) is 4.79 Å². The molecule has 2 fully saturated rings. The number of hydrogen-bond donors (Lipinski definition) is 1. The Hall–Kier alpha value is -1.47. The summed E-state index contributed by atoms with van der Waals surface area (Å²) in [6.45, 7) is 5.65. The second-order valence-corrected chi connectivity index (χ2v) is 7.56. The summed E-state index contributed by atoms with van der Waals surface area (Å²) in [5.41, 5.74) is -0.794. The quantitative estimate of drug-likeness (QED) is 0.851. The Morgan fingerprint density at radius 2 is 2.17 bits per heavy atom. The van der Waals surface area contributed by atoms with Crippen LogP contribution in [0.2, 0.25) is 0 Å². The number of hydrogen-bond acceptors (Lipinski definition) is 5. The van der Waals surface area contributed by atoms with Gasteiger partial charge in [0.1, 0.15) is 11.3 Å². The Morgan fingerprint density at radius 1 is 1.42 bits per heavy atom. The van der Waals surface area contributed by atoms with E-state index in [1.165, 1.54) is 0 Å². The molecule has 0 bridgehead atoms. The van der Waals surface area contributed by atoms with Crippen LogP contribution in [0.25, 0.3) is 0 Å². The Balaban J connectivity index is 1.72. The van der Waals surface area contributed by atoms with Crippen molar-refractivity contribution in [3.8, 4) is 0 Å². The third kappa shape index (κ3) is 3.19. The minimum Gasteiger partial charge on any atom is -0.385 e. The van der Waals surface area contributed by atoms with E-state index in [1.807, 2.05) is 18.7 Å². The standard InChI is InChI=1S/C17H28N4O3/c1-13(2)21-11-14(18-19-21)17(23)5-4-9-20(12-17)15(22)16(6-7-16)8-10-24-3/h11,13,23H,4-10,12H2,1-3H3/t17-/m0/s1. The first kappa shape index (κ1) is 17.4. The number of carbonyl (C=O) groups is 1. The van der Waals surface area contributed by atoms with Crippen LogP contribution >= 0.6 is 0 Å². The third-order valence-electron chi connectivity index (χ3n) is 5.37. The summed E-state index contributed by atoms with van der Waals surface area (Å²) in [4.78, 5) is 14.8. The van der Waals surface area contributed by atoms with Crippen molar-refractivity contribution in [1.82, 2.24) is 19.9 Å². The lowest BCUT2D eigenvalue weighted by molar-refractivity contribution is -0.145. The van der Waals surface area contributed by atoms with E-state index in [4.69, 9.17) is 4.74 Å². The van der Waals surface area contributed by atoms with Crippen molar-refractivity contribution >= 4 is 5.91 Å². The Morgan fingerprint density at radius 3 is 2.75 bits per heavy atom. The van der Waals surface area contributed by atoms with Crippen LogP contribution in [0, 0.1) is 5.41 Å². The van der Waals surface area contributed by atoms with Crippen LogP contribution in [0.5, 0.6) is 0 Å². The summed E-state index contributed by atoms with van der Waals surface area (Å²) in [7, 11) is 1.66. The number of aliphatic hydroxyl groups is 1. The highest BCUT2D eigenvalue weighted by Gasteiger charge is 2.52. The number of methoxy groups -OCH3 is 1. The van der Waals surface area contributed by atoms with Gasteiger partial charge >= 0.3 is 0 Å². The van der Waals surface area contributed by atoms with E-state index in [9.17, 15) is 9.90 Å². The first-order chi connectivity index (χ1) is 11.4. The predicted molar refractivity (Wildman–Crippen MR) is 88.3 cm³/mol. The predicted octanol–water partition coefficient (Wildman–Crippen LogP) is 1.49. The minimum atomic E-state index is -1.10. The molecule has 1 saturated carbocycles. The molecule has 134 valence electrons. The van der Waals surface area contributed by atoms with Crippen LogP contribution in [0.1, 0.15) is 57.7 Å². The zero-order chi connectivity index (χ0) is 17.4. The molecule has 24 heavy (non-hydrogen) atoms. The second kappa shape index (κ2) is 6.44. The van der Waals surface area contributed by atoms with Gasteiger partial charge in [0.2, 0.25) is 5.91 Å². The smallest absolute Gasteiger partial charge is 0.228 e. The number of rotatable bonds is 6. The number of nitrogens with zero attached hydrogens (tertiary/aromatic N) is 4. The van der Waals surface area contributed by atoms with E-state index in [1.54, 1.807) is 18.0 Å². The molecule has 1 N–H and O–H groups in total. The minimum absolute atomic E-state index is 0.161. The first-order valence-corrected chi connectivity index (χ1v) is 8.83. The fourth-order valence-electron chi connectivity index (χ4n) is 3.52. The summed E-state index contributed by atoms with van der Waals surface area (Å²) >= 11 is 0. The van der Waals surface area contributed by atoms with Crippen LogP contribution in [0.4, 0.5) is 0 Å². The number of aromatic nitrogens is 3. The molecule has 1 atom stereocenters. The molecule has 7 nitrogen and oxygen atoms in total. The fraction of sp³-hybridized carbons (Fsp3) is 0.824. The Kier molecular flexibility index (Phi) is 4.66. The highest BCUT2D eigenvalue weighted by Crippen LogP contribution is 2.51. The van der Waals surface area contributed by atoms with Gasteiger partial charge in [0.05, 0.1) is 18.2 Å². The topological polar surface area (TPSA) is 80.5 Å². The van der Waals surface area contributed by atoms with E-state index in [0.717, 1.165) is 25.7 Å². The van der Waals surface area contributed by atoms with Gasteiger partial charge in [-0.05, 0) is 46.0 Å². The lowest BCUT2D eigenvalue weighted by Crippen LogP contribution is -2.51. The maximum Gasteiger partial charge on any atom is 0.228 e. The largest absolute Gasteiger partial charge is 0.385 e. The van der Waals surface area contributed by atoms with E-state index in [-0.39, 0.29) is 17.4 Å². The maximum absolute atomic E-state index is 12.9. The van der Waals surface area contributed by atoms with Crippen LogP contribution in [-0.4, -0.2) is 57.7 Å². The average molecular weight is 336 g/mol. The molecule has 0 aromatic carbocycles. The number of likely N-dealkylation sites (tertiary alicyclic amines) is 1. The number of carbonyl (C=O) groups excluding carboxylic acids is 1. The van der Waals surface area contributed by atoms with Crippen molar-refractivity contribution in [1.29, 1.82) is 0 Å². The fourth-order valence-corrected chi connectivity index (χ4v) is 3.52. The molecule has 1 aromatic heterocycles. The average Bonchev–Trinajstić information content (AvgIpc) is 3.16. The van der Waals surface area contributed by atoms with E-state index >= 15 is 0 Å². The normalized spacial score (nSPS) is 26.0. The van der Waals surface area contributed by atoms with Crippen LogP contribution in [-0.2, 0) is 15.1 Å². The first-order valence-electron chi connectivity index (χ1n) is 8.83. The molecule has 1 saturated heterocycles. The van der Waals surface area contributed by atoms with Crippen molar-refractivity contribution in [3.05, 3.63) is 11.9 Å². The van der Waals surface area contributed by atoms with Gasteiger partial charge in [-0.15, -0.1) is 5.10 Å². The molecule has 3 rings (SSSR count). The number of β-amino-alcohol motifs (C(OH)–C–C–N with tert-alkyl or cyclic N) is 1. The van der Waals surface area contributed by atoms with Crippen molar-refractivity contribution in [2.45, 2.75) is 57.6 Å². The van der Waals surface area contributed by atoms with Gasteiger partial charge in [0, 0.05) is 26.3 Å². The van der Waals surface area contributed by atoms with Crippen molar-refractivity contribution < 1.29 is 14.6 Å². The Labute approximate surface area is 143 Å². The summed E-state index contributed by atoms with van der Waals surface area (Å²) < 4.78 is 6.89. The highest BCUT2D eigenvalue weighted by molar-refractivity contribution is 5.85. The van der Waals surface area contributed by atoms with Gasteiger partial charge < -0.3 is 14.7 Å². The molecule has 0 radical (unpaired) electrons. The van der Waals surface area contributed by atoms with Crippen LogP contribution in [0.3, 0.4) is 0 Å². The molecule has 1 aliphatic carbocycles. The van der Waals surface area contributed by atoms with Crippen LogP contribution in [0.15, 0.2) is 6.20 Å². The summed E-state index contributed by atoms with van der Waals surface area (Å²) in [6, 6.07) is 0.194. The zero-order valence-electron chi connectivity index (χ0n) is 14.9. The summed E-state index contributed by atoms with van der Waals surface area (Å²) in [5.74, 6) is 0.161. The molecule has 0 unspecified atom stereocenters. The van der Waals surface area contributed by atoms with Gasteiger partial charge in [-0.1, -0.05) is 5.21 Å². The molecule has 1 aromatic rings. The maximum atomic E-state index is 12.9. The molecule has 1 amide bonds. The van der Waals surface area contributed by atoms with Crippen molar-refractivity contribution in [2.75, 3.05) is 26.8 Å². The third-order valence-corrected chi connectivity index (χ3v) is 5.37. The number of amides is 1. The van der Waals surface area contributed by atoms with Gasteiger partial charge in [0.25, 0.3) is 0 Å². The summed E-state index contributed by atoms with van der Waals surface area (Å²) in [5, 5.41) is 19.3. The van der Waals surface area contributed by atoms with Gasteiger partial charge in [-0.2, -0.15) is 0 Å². The lowest BCUT2D eigenvalue weighted by atomic mass is 9.88. The summed E-state index contributed by atoms with van der Waals surface area (Å²) in [6.07, 6.45) is 5.80. The number of ether oxygens (including phenoxy) is 1. The molecule has 2 aliphatic rings. The molecule has 0 spiro atoms. The molecule has 7 heteroatoms. The van der Waals surface area contributed by atoms with Crippen LogP contribution < -0.4 is 0 Å². The van der Waals surface area contributed by atoms with E-state index in [0.29, 0.717) is 31.8 Å². The molecule has 1 aliphatic heterocycles. The lowest BCUT2D eigenvalue weighted by Gasteiger charge is -2.39. The van der Waals surface area contributed by atoms with E-state index < -0.39 is 5.60 Å². The molecular formula is C17H28N4O3. The molecular weight excluding hydrogens is 308 g/mol. The zero-order valence-corrected chi connectivity index (χ0v) is 14.9. The van der Waals surface area contributed by atoms with E-state index in [2.05, 4.69) is 10.3 Å². The van der Waals surface area contributed by atoms with Crippen molar-refractivity contribution in [2.24, 2.45) is 5.41 Å². The number of piperidine rings is 1. The SMILES string of the molecule is COCCC1(C(=O)N2CCC[C@@](O)(c3cn(C(C)C)nn3)C2)CC1. The molecule has 2 heterocycles. The van der Waals surface area contributed by atoms with Crippen molar-refractivity contribution in [3.63, 3.8) is 0 Å². The Bertz CT molecular complexity index is 596.